The maximum atomic E-state index is 14.4. The minimum atomic E-state index is -8.37. The Morgan fingerprint density at radius 1 is 0.576 bits per heavy atom. The highest BCUT2D eigenvalue weighted by molar-refractivity contribution is 5.33. The molecule has 1 aliphatic rings. The third-order valence-corrected chi connectivity index (χ3v) is 5.32. The van der Waals surface area contributed by atoms with Crippen LogP contribution in [0, 0.1) is 0 Å². The largest absolute Gasteiger partial charge is 0.460 e. The quantitative estimate of drug-likeness (QED) is 0.442. The van der Waals surface area contributed by atoms with E-state index in [1.807, 2.05) is 0 Å². The van der Waals surface area contributed by atoms with E-state index in [0.29, 0.717) is 0 Å². The lowest BCUT2D eigenvalue weighted by Gasteiger charge is -2.46. The van der Waals surface area contributed by atoms with Crippen molar-refractivity contribution in [2.45, 2.75) is 66.6 Å². The molecular weight excluding hydrogens is 505 g/mol. The number of hydrogen-bond donors (Lipinski definition) is 1. The summed E-state index contributed by atoms with van der Waals surface area (Å²) < 4.78 is 200. The molecular formula is C17H11F15O. The Balaban J connectivity index is 2.58. The number of aryl methyl sites for hydroxylation is 1. The summed E-state index contributed by atoms with van der Waals surface area (Å²) in [5.74, 6) is -47.3. The summed E-state index contributed by atoms with van der Waals surface area (Å²) in [5, 5.41) is 9.98. The Bertz CT molecular complexity index is 889. The molecule has 0 bridgehead atoms. The van der Waals surface area contributed by atoms with E-state index < -0.39 is 66.6 Å². The van der Waals surface area contributed by atoms with Crippen molar-refractivity contribution in [3.8, 4) is 0 Å². The minimum Gasteiger partial charge on any atom is -0.383 e. The van der Waals surface area contributed by atoms with Crippen LogP contribution >= 0.6 is 0 Å². The van der Waals surface area contributed by atoms with Crippen molar-refractivity contribution in [1.29, 1.82) is 0 Å². The second kappa shape index (κ2) is 7.31. The van der Waals surface area contributed by atoms with Crippen LogP contribution in [-0.4, -0.2) is 52.4 Å². The number of aliphatic hydroxyl groups is 1. The average molecular weight is 516 g/mol. The van der Waals surface area contributed by atoms with Gasteiger partial charge in [-0.05, 0) is 24.0 Å². The number of rotatable bonds is 6. The average Bonchev–Trinajstić information content (AvgIpc) is 2.66. The number of alkyl halides is 15. The third-order valence-electron chi connectivity index (χ3n) is 5.32. The van der Waals surface area contributed by atoms with Crippen LogP contribution in [0.2, 0.25) is 0 Å². The molecule has 0 spiro atoms. The van der Waals surface area contributed by atoms with Crippen molar-refractivity contribution < 1.29 is 71.0 Å². The summed E-state index contributed by atoms with van der Waals surface area (Å²) in [4.78, 5) is 0. The lowest BCUT2D eigenvalue weighted by atomic mass is 9.73. The molecule has 0 aromatic heterocycles. The summed E-state index contributed by atoms with van der Waals surface area (Å²) in [5.41, 5.74) is -4.48. The van der Waals surface area contributed by atoms with Crippen LogP contribution in [-0.2, 0) is 12.8 Å². The first kappa shape index (κ1) is 27.4. The summed E-state index contributed by atoms with van der Waals surface area (Å²) in [6.45, 7) is 0. The number of hydrogen-bond acceptors (Lipinski definition) is 1. The van der Waals surface area contributed by atoms with Gasteiger partial charge in [0.15, 0.2) is 0 Å². The van der Waals surface area contributed by atoms with Crippen LogP contribution in [0.5, 0.6) is 0 Å². The van der Waals surface area contributed by atoms with E-state index in [-0.39, 0.29) is 11.1 Å². The highest BCUT2D eigenvalue weighted by Gasteiger charge is 2.94. The molecule has 2 rings (SSSR count). The molecule has 0 saturated carbocycles. The normalized spacial score (nSPS) is 21.7. The maximum Gasteiger partial charge on any atom is 0.460 e. The first-order valence-corrected chi connectivity index (χ1v) is 8.55. The fourth-order valence-corrected chi connectivity index (χ4v) is 3.25. The fraction of sp³-hybridized carbons (Fsp3) is 0.647. The fourth-order valence-electron chi connectivity index (χ4n) is 3.25. The summed E-state index contributed by atoms with van der Waals surface area (Å²) in [6.07, 6.45) is -11.4. The van der Waals surface area contributed by atoms with Crippen molar-refractivity contribution in [2.75, 3.05) is 0 Å². The molecule has 0 fully saturated rings. The zero-order valence-electron chi connectivity index (χ0n) is 15.5. The SMILES string of the molecule is OC1(C(F)(F)C(F)(F)C(F)(F)C(F)(F)C(F)(F)C(F)(F)C(F)(F)F)CCc2ccccc2C1. The van der Waals surface area contributed by atoms with E-state index in [4.69, 9.17) is 0 Å². The lowest BCUT2D eigenvalue weighted by Crippen LogP contribution is -2.75. The van der Waals surface area contributed by atoms with Crippen LogP contribution in [0.3, 0.4) is 0 Å². The molecule has 1 aliphatic carbocycles. The zero-order valence-corrected chi connectivity index (χ0v) is 15.5. The van der Waals surface area contributed by atoms with Gasteiger partial charge in [-0.15, -0.1) is 0 Å². The van der Waals surface area contributed by atoms with Gasteiger partial charge in [0.05, 0.1) is 0 Å². The van der Waals surface area contributed by atoms with Gasteiger partial charge in [0.25, 0.3) is 0 Å². The summed E-state index contributed by atoms with van der Waals surface area (Å²) >= 11 is 0. The van der Waals surface area contributed by atoms with E-state index in [1.54, 1.807) is 0 Å². The van der Waals surface area contributed by atoms with Crippen molar-refractivity contribution in [2.24, 2.45) is 0 Å². The predicted molar refractivity (Wildman–Crippen MR) is 79.2 cm³/mol. The van der Waals surface area contributed by atoms with Gasteiger partial charge in [-0.1, -0.05) is 24.3 Å². The lowest BCUT2D eigenvalue weighted by molar-refractivity contribution is -0.459. The highest BCUT2D eigenvalue weighted by Crippen LogP contribution is 2.64. The minimum absolute atomic E-state index is 0.148. The molecule has 1 nitrogen and oxygen atoms in total. The second-order valence-electron chi connectivity index (χ2n) is 7.42. The van der Waals surface area contributed by atoms with Crippen LogP contribution in [0.25, 0.3) is 0 Å². The van der Waals surface area contributed by atoms with Gasteiger partial charge in [-0.3, -0.25) is 0 Å². The van der Waals surface area contributed by atoms with Crippen molar-refractivity contribution in [1.82, 2.24) is 0 Å². The highest BCUT2D eigenvalue weighted by atomic mass is 19.4. The molecule has 0 amide bonds. The number of halogens is 15. The Labute approximate surface area is 174 Å². The van der Waals surface area contributed by atoms with Gasteiger partial charge >= 0.3 is 41.7 Å². The van der Waals surface area contributed by atoms with Gasteiger partial charge in [0, 0.05) is 6.42 Å². The van der Waals surface area contributed by atoms with E-state index in [9.17, 15) is 71.0 Å². The molecule has 0 heterocycles. The molecule has 1 unspecified atom stereocenters. The molecule has 0 radical (unpaired) electrons. The molecule has 190 valence electrons. The van der Waals surface area contributed by atoms with Gasteiger partial charge in [-0.2, -0.15) is 65.9 Å². The Morgan fingerprint density at radius 2 is 0.970 bits per heavy atom. The van der Waals surface area contributed by atoms with Gasteiger partial charge in [0.1, 0.15) is 5.60 Å². The molecule has 0 saturated heterocycles. The molecule has 1 N–H and O–H groups in total. The number of benzene rings is 1. The van der Waals surface area contributed by atoms with E-state index in [2.05, 4.69) is 0 Å². The summed E-state index contributed by atoms with van der Waals surface area (Å²) in [6, 6.07) is 4.66. The smallest absolute Gasteiger partial charge is 0.383 e. The molecule has 1 atom stereocenters. The molecule has 0 aliphatic heterocycles. The van der Waals surface area contributed by atoms with Crippen LogP contribution < -0.4 is 0 Å². The Morgan fingerprint density at radius 3 is 1.42 bits per heavy atom. The van der Waals surface area contributed by atoms with Crippen LogP contribution in [0.15, 0.2) is 24.3 Å². The number of fused-ring (bicyclic) bond motifs is 1. The molecule has 16 heteroatoms. The van der Waals surface area contributed by atoms with Gasteiger partial charge in [-0.25, -0.2) is 0 Å². The first-order chi connectivity index (χ1) is 14.4. The van der Waals surface area contributed by atoms with E-state index in [1.165, 1.54) is 12.1 Å². The van der Waals surface area contributed by atoms with Crippen molar-refractivity contribution in [3.05, 3.63) is 35.4 Å². The van der Waals surface area contributed by atoms with E-state index >= 15 is 0 Å². The van der Waals surface area contributed by atoms with Crippen LogP contribution in [0.1, 0.15) is 17.5 Å². The van der Waals surface area contributed by atoms with Crippen molar-refractivity contribution >= 4 is 0 Å². The third kappa shape index (κ3) is 3.45. The summed E-state index contributed by atoms with van der Waals surface area (Å²) in [7, 11) is 0. The van der Waals surface area contributed by atoms with Crippen molar-refractivity contribution in [3.63, 3.8) is 0 Å². The maximum absolute atomic E-state index is 14.4. The molecule has 33 heavy (non-hydrogen) atoms. The van der Waals surface area contributed by atoms with Gasteiger partial charge < -0.3 is 5.11 Å². The predicted octanol–water partition coefficient (Wildman–Crippen LogP) is 6.28. The van der Waals surface area contributed by atoms with E-state index in [0.717, 1.165) is 12.1 Å². The molecule has 1 aromatic rings. The van der Waals surface area contributed by atoms with Crippen LogP contribution in [0.4, 0.5) is 65.9 Å². The standard InChI is InChI=1S/C17H11F15O/c18-11(19,10(33)6-5-8-3-1-2-4-9(8)7-10)12(20,21)13(22,23)14(24,25)15(26,27)16(28,29)17(30,31)32/h1-4,33H,5-7H2. The second-order valence-corrected chi connectivity index (χ2v) is 7.42. The monoisotopic (exact) mass is 516 g/mol. The van der Waals surface area contributed by atoms with Gasteiger partial charge in [0.2, 0.25) is 0 Å². The Kier molecular flexibility index (Phi) is 6.07. The molecule has 1 aromatic carbocycles. The first-order valence-electron chi connectivity index (χ1n) is 8.55. The topological polar surface area (TPSA) is 20.2 Å². The Hall–Kier alpha value is -1.87. The zero-order chi connectivity index (χ0) is 26.1.